The lowest BCUT2D eigenvalue weighted by atomic mass is 10.0. The zero-order chi connectivity index (χ0) is 17.1. The lowest BCUT2D eigenvalue weighted by Crippen LogP contribution is -2.40. The molecule has 2 N–H and O–H groups in total. The molecule has 0 aliphatic carbocycles. The predicted octanol–water partition coefficient (Wildman–Crippen LogP) is 1.94. The molecule has 126 valence electrons. The lowest BCUT2D eigenvalue weighted by Gasteiger charge is -2.25. The van der Waals surface area contributed by atoms with Crippen molar-refractivity contribution in [2.24, 2.45) is 0 Å². The molecular weight excluding hydrogens is 311 g/mol. The molecular formula is C17H19FN4O2. The molecule has 2 atom stereocenters. The Morgan fingerprint density at radius 1 is 1.46 bits per heavy atom. The summed E-state index contributed by atoms with van der Waals surface area (Å²) in [5, 5.41) is 12.7. The van der Waals surface area contributed by atoms with E-state index >= 15 is 0 Å². The van der Waals surface area contributed by atoms with Crippen molar-refractivity contribution in [2.45, 2.75) is 32.0 Å². The Hall–Kier alpha value is -2.54. The number of benzene rings is 1. The fourth-order valence-corrected chi connectivity index (χ4v) is 2.94. The average Bonchev–Trinajstić information content (AvgIpc) is 2.95. The van der Waals surface area contributed by atoms with E-state index in [9.17, 15) is 14.3 Å². The van der Waals surface area contributed by atoms with Crippen LogP contribution >= 0.6 is 0 Å². The van der Waals surface area contributed by atoms with Gasteiger partial charge in [-0.2, -0.15) is 0 Å². The number of nitrogens with zero attached hydrogens (tertiary/aromatic N) is 3. The van der Waals surface area contributed by atoms with E-state index in [0.29, 0.717) is 23.5 Å². The molecule has 0 spiro atoms. The standard InChI is InChI=1S/C17H19FN4O2/c1-11-19-6-5-14(21-11)9-20-17(24)22-10-15(23)8-16(22)12-3-2-4-13(18)7-12/h2-7,15-16,23H,8-10H2,1H3,(H,20,24). The topological polar surface area (TPSA) is 78.4 Å². The van der Waals surface area contributed by atoms with Gasteiger partial charge >= 0.3 is 6.03 Å². The summed E-state index contributed by atoms with van der Waals surface area (Å²) in [6.07, 6.45) is 1.41. The van der Waals surface area contributed by atoms with E-state index in [2.05, 4.69) is 15.3 Å². The fraction of sp³-hybridized carbons (Fsp3) is 0.353. The average molecular weight is 330 g/mol. The summed E-state index contributed by atoms with van der Waals surface area (Å²) in [6, 6.07) is 7.21. The van der Waals surface area contributed by atoms with E-state index < -0.39 is 6.10 Å². The minimum absolute atomic E-state index is 0.218. The van der Waals surface area contributed by atoms with Crippen LogP contribution in [0.2, 0.25) is 0 Å². The molecule has 1 aromatic carbocycles. The van der Waals surface area contributed by atoms with Gasteiger partial charge in [0.25, 0.3) is 0 Å². The second-order valence-electron chi connectivity index (χ2n) is 5.87. The van der Waals surface area contributed by atoms with Crippen LogP contribution in [0.15, 0.2) is 36.5 Å². The van der Waals surface area contributed by atoms with Crippen LogP contribution in [0.1, 0.15) is 29.5 Å². The number of β-amino-alcohol motifs (C(OH)–C–C–N with tert-alkyl or cyclic N) is 1. The fourth-order valence-electron chi connectivity index (χ4n) is 2.94. The minimum atomic E-state index is -0.620. The quantitative estimate of drug-likeness (QED) is 0.901. The van der Waals surface area contributed by atoms with Gasteiger partial charge in [-0.25, -0.2) is 19.2 Å². The van der Waals surface area contributed by atoms with Crippen molar-refractivity contribution in [3.8, 4) is 0 Å². The van der Waals surface area contributed by atoms with Gasteiger partial charge in [-0.1, -0.05) is 12.1 Å². The molecule has 2 amide bonds. The van der Waals surface area contributed by atoms with Gasteiger partial charge < -0.3 is 15.3 Å². The number of aromatic nitrogens is 2. The third kappa shape index (κ3) is 3.68. The van der Waals surface area contributed by atoms with E-state index in [1.807, 2.05) is 0 Å². The summed E-state index contributed by atoms with van der Waals surface area (Å²) in [5.41, 5.74) is 1.39. The number of hydrogen-bond donors (Lipinski definition) is 2. The first-order valence-corrected chi connectivity index (χ1v) is 7.79. The minimum Gasteiger partial charge on any atom is -0.391 e. The number of amides is 2. The highest BCUT2D eigenvalue weighted by molar-refractivity contribution is 5.75. The van der Waals surface area contributed by atoms with Gasteiger partial charge in [0.2, 0.25) is 0 Å². The number of aliphatic hydroxyl groups excluding tert-OH is 1. The number of rotatable bonds is 3. The Labute approximate surface area is 139 Å². The van der Waals surface area contributed by atoms with Crippen molar-refractivity contribution in [1.82, 2.24) is 20.2 Å². The highest BCUT2D eigenvalue weighted by Crippen LogP contribution is 2.32. The number of halogens is 1. The first-order chi connectivity index (χ1) is 11.5. The van der Waals surface area contributed by atoms with Gasteiger partial charge in [0, 0.05) is 12.7 Å². The molecule has 1 fully saturated rings. The van der Waals surface area contributed by atoms with Crippen LogP contribution in [-0.4, -0.2) is 38.7 Å². The van der Waals surface area contributed by atoms with E-state index in [1.54, 1.807) is 31.3 Å². The van der Waals surface area contributed by atoms with Crippen molar-refractivity contribution in [3.63, 3.8) is 0 Å². The molecule has 2 heterocycles. The van der Waals surface area contributed by atoms with E-state index in [0.717, 1.165) is 0 Å². The van der Waals surface area contributed by atoms with Crippen molar-refractivity contribution in [1.29, 1.82) is 0 Å². The normalized spacial score (nSPS) is 20.2. The molecule has 3 rings (SSSR count). The summed E-state index contributed by atoms with van der Waals surface area (Å²) in [5.74, 6) is 0.279. The molecule has 2 unspecified atom stereocenters. The van der Waals surface area contributed by atoms with Crippen LogP contribution < -0.4 is 5.32 Å². The third-order valence-electron chi connectivity index (χ3n) is 4.03. The highest BCUT2D eigenvalue weighted by Gasteiger charge is 2.35. The lowest BCUT2D eigenvalue weighted by molar-refractivity contribution is 0.169. The molecule has 0 saturated carbocycles. The number of aryl methyl sites for hydroxylation is 1. The summed E-state index contributed by atoms with van der Waals surface area (Å²) in [7, 11) is 0. The Morgan fingerprint density at radius 3 is 3.04 bits per heavy atom. The van der Waals surface area contributed by atoms with Crippen molar-refractivity contribution < 1.29 is 14.3 Å². The first kappa shape index (κ1) is 16.3. The molecule has 6 nitrogen and oxygen atoms in total. The van der Waals surface area contributed by atoms with Crippen molar-refractivity contribution in [2.75, 3.05) is 6.54 Å². The maximum absolute atomic E-state index is 13.5. The van der Waals surface area contributed by atoms with E-state index in [-0.39, 0.29) is 31.0 Å². The first-order valence-electron chi connectivity index (χ1n) is 7.79. The molecule has 7 heteroatoms. The molecule has 24 heavy (non-hydrogen) atoms. The summed E-state index contributed by atoms with van der Waals surface area (Å²) >= 11 is 0. The Kier molecular flexibility index (Phi) is 4.71. The molecule has 0 radical (unpaired) electrons. The molecule has 1 aliphatic rings. The van der Waals surface area contributed by atoms with Crippen LogP contribution in [0.4, 0.5) is 9.18 Å². The Balaban J connectivity index is 1.70. The predicted molar refractivity (Wildman–Crippen MR) is 85.5 cm³/mol. The van der Waals surface area contributed by atoms with Gasteiger partial charge in [0.15, 0.2) is 0 Å². The van der Waals surface area contributed by atoms with Crippen LogP contribution in [0.5, 0.6) is 0 Å². The zero-order valence-electron chi connectivity index (χ0n) is 13.3. The monoisotopic (exact) mass is 330 g/mol. The van der Waals surface area contributed by atoms with Gasteiger partial charge in [0.05, 0.1) is 24.4 Å². The van der Waals surface area contributed by atoms with E-state index in [1.165, 1.54) is 17.0 Å². The van der Waals surface area contributed by atoms with Gasteiger partial charge in [0.1, 0.15) is 11.6 Å². The number of nitrogens with one attached hydrogen (secondary N) is 1. The summed E-state index contributed by atoms with van der Waals surface area (Å²) in [6.45, 7) is 2.27. The number of aliphatic hydroxyl groups is 1. The second-order valence-corrected chi connectivity index (χ2v) is 5.87. The summed E-state index contributed by atoms with van der Waals surface area (Å²) in [4.78, 5) is 22.3. The molecule has 0 bridgehead atoms. The Morgan fingerprint density at radius 2 is 2.29 bits per heavy atom. The Bertz CT molecular complexity index is 740. The van der Waals surface area contributed by atoms with Crippen molar-refractivity contribution in [3.05, 3.63) is 59.4 Å². The number of hydrogen-bond acceptors (Lipinski definition) is 4. The number of carbonyl (C=O) groups is 1. The molecule has 1 saturated heterocycles. The van der Waals surface area contributed by atoms with Gasteiger partial charge in [-0.3, -0.25) is 0 Å². The summed E-state index contributed by atoms with van der Waals surface area (Å²) < 4.78 is 13.5. The number of urea groups is 1. The second kappa shape index (κ2) is 6.92. The van der Waals surface area contributed by atoms with Crippen LogP contribution in [0, 0.1) is 12.7 Å². The van der Waals surface area contributed by atoms with Crippen LogP contribution in [0.25, 0.3) is 0 Å². The molecule has 2 aromatic rings. The SMILES string of the molecule is Cc1nccc(CNC(=O)N2CC(O)CC2c2cccc(F)c2)n1. The maximum Gasteiger partial charge on any atom is 0.318 e. The molecule has 1 aromatic heterocycles. The maximum atomic E-state index is 13.5. The highest BCUT2D eigenvalue weighted by atomic mass is 19.1. The van der Waals surface area contributed by atoms with Crippen molar-refractivity contribution >= 4 is 6.03 Å². The van der Waals surface area contributed by atoms with Crippen LogP contribution in [-0.2, 0) is 6.54 Å². The molecule has 1 aliphatic heterocycles. The van der Waals surface area contributed by atoms with E-state index in [4.69, 9.17) is 0 Å². The smallest absolute Gasteiger partial charge is 0.318 e. The third-order valence-corrected chi connectivity index (χ3v) is 4.03. The van der Waals surface area contributed by atoms with Crippen LogP contribution in [0.3, 0.4) is 0 Å². The zero-order valence-corrected chi connectivity index (χ0v) is 13.3. The number of carbonyl (C=O) groups excluding carboxylic acids is 1. The van der Waals surface area contributed by atoms with Gasteiger partial charge in [-0.05, 0) is 37.1 Å². The largest absolute Gasteiger partial charge is 0.391 e. The van der Waals surface area contributed by atoms with Gasteiger partial charge in [-0.15, -0.1) is 0 Å². The number of likely N-dealkylation sites (tertiary alicyclic amines) is 1.